The fourth-order valence-electron chi connectivity index (χ4n) is 4.54. The Morgan fingerprint density at radius 2 is 1.84 bits per heavy atom. The normalized spacial score (nSPS) is 17.7. The fourth-order valence-corrected chi connectivity index (χ4v) is 6.05. The zero-order valence-corrected chi connectivity index (χ0v) is 22.4. The van der Waals surface area contributed by atoms with Gasteiger partial charge in [-0.15, -0.1) is 4.83 Å². The number of imidazole rings is 1. The van der Waals surface area contributed by atoms with Crippen LogP contribution < -0.4 is 15.6 Å². The number of benzene rings is 2. The molecule has 2 amide bonds. The molecule has 4 rings (SSSR count). The molecule has 0 unspecified atom stereocenters. The standard InChI is InChI=1S/C26H29ClFN5O4S/c1-33-14-23(29-16-33)19-12-21(25(28)22(27)13-19)26(35)31-32-38(36,37)15-18-7-9-20(10-8-18)30-24(34)11-17-5-3-2-4-6-17/h2-6,12-14,16,18,20,32H,7-11,15H2,1H3,(H,30,34)(H,31,35). The molecule has 1 saturated carbocycles. The van der Waals surface area contributed by atoms with Crippen LogP contribution >= 0.6 is 11.6 Å². The smallest absolute Gasteiger partial charge is 0.269 e. The molecule has 202 valence electrons. The summed E-state index contributed by atoms with van der Waals surface area (Å²) < 4.78 is 41.5. The van der Waals surface area contributed by atoms with Crippen molar-refractivity contribution in [1.29, 1.82) is 0 Å². The first kappa shape index (κ1) is 27.7. The van der Waals surface area contributed by atoms with E-state index in [2.05, 4.69) is 20.6 Å². The summed E-state index contributed by atoms with van der Waals surface area (Å²) in [5, 5.41) is 2.74. The Kier molecular flexibility index (Phi) is 8.80. The summed E-state index contributed by atoms with van der Waals surface area (Å²) >= 11 is 5.97. The van der Waals surface area contributed by atoms with Crippen LogP contribution in [-0.2, 0) is 28.3 Å². The number of sulfonamides is 1. The van der Waals surface area contributed by atoms with E-state index in [1.165, 1.54) is 12.1 Å². The summed E-state index contributed by atoms with van der Waals surface area (Å²) in [7, 11) is -2.13. The number of nitrogens with one attached hydrogen (secondary N) is 3. The molecule has 2 aromatic carbocycles. The Morgan fingerprint density at radius 1 is 1.13 bits per heavy atom. The summed E-state index contributed by atoms with van der Waals surface area (Å²) in [6, 6.07) is 12.1. The minimum absolute atomic E-state index is 0.00284. The van der Waals surface area contributed by atoms with E-state index in [0.717, 1.165) is 5.56 Å². The van der Waals surface area contributed by atoms with Gasteiger partial charge < -0.3 is 9.88 Å². The molecule has 0 bridgehead atoms. The molecule has 3 N–H and O–H groups in total. The molecule has 38 heavy (non-hydrogen) atoms. The number of hydrogen-bond donors (Lipinski definition) is 3. The molecule has 1 heterocycles. The lowest BCUT2D eigenvalue weighted by Crippen LogP contribution is -2.45. The van der Waals surface area contributed by atoms with Gasteiger partial charge in [-0.2, -0.15) is 0 Å². The van der Waals surface area contributed by atoms with E-state index < -0.39 is 27.3 Å². The second-order valence-electron chi connectivity index (χ2n) is 9.53. The zero-order chi connectivity index (χ0) is 27.3. The van der Waals surface area contributed by atoms with Crippen molar-refractivity contribution in [2.45, 2.75) is 38.1 Å². The predicted molar refractivity (Wildman–Crippen MR) is 142 cm³/mol. The van der Waals surface area contributed by atoms with Crippen LogP contribution in [0.15, 0.2) is 55.0 Å². The quantitative estimate of drug-likeness (QED) is 0.346. The van der Waals surface area contributed by atoms with Gasteiger partial charge in [0.05, 0.1) is 34.8 Å². The highest BCUT2D eigenvalue weighted by molar-refractivity contribution is 7.89. The monoisotopic (exact) mass is 561 g/mol. The highest BCUT2D eigenvalue weighted by atomic mass is 35.5. The number of amides is 2. The van der Waals surface area contributed by atoms with Crippen LogP contribution in [0.3, 0.4) is 0 Å². The van der Waals surface area contributed by atoms with Gasteiger partial charge in [0.15, 0.2) is 5.82 Å². The number of hydrazine groups is 1. The SMILES string of the molecule is Cn1cnc(-c2cc(Cl)c(F)c(C(=O)NNS(=O)(=O)CC3CCC(NC(=O)Cc4ccccc4)CC3)c2)c1. The first-order valence-electron chi connectivity index (χ1n) is 12.2. The number of halogens is 2. The number of nitrogens with zero attached hydrogens (tertiary/aromatic N) is 2. The lowest BCUT2D eigenvalue weighted by atomic mass is 9.87. The topological polar surface area (TPSA) is 122 Å². The van der Waals surface area contributed by atoms with Gasteiger partial charge in [0.2, 0.25) is 15.9 Å². The minimum Gasteiger partial charge on any atom is -0.353 e. The Morgan fingerprint density at radius 3 is 2.50 bits per heavy atom. The van der Waals surface area contributed by atoms with Gasteiger partial charge >= 0.3 is 0 Å². The van der Waals surface area contributed by atoms with Gasteiger partial charge in [-0.3, -0.25) is 15.0 Å². The van der Waals surface area contributed by atoms with E-state index in [4.69, 9.17) is 11.6 Å². The zero-order valence-electron chi connectivity index (χ0n) is 20.8. The van der Waals surface area contributed by atoms with Crippen molar-refractivity contribution in [3.63, 3.8) is 0 Å². The second-order valence-corrected chi connectivity index (χ2v) is 11.7. The van der Waals surface area contributed by atoms with Crippen LogP contribution in [0, 0.1) is 11.7 Å². The fraction of sp³-hybridized carbons (Fsp3) is 0.346. The van der Waals surface area contributed by atoms with Gasteiger partial charge in [-0.05, 0) is 49.3 Å². The molecule has 0 atom stereocenters. The van der Waals surface area contributed by atoms with Crippen LogP contribution in [-0.4, -0.2) is 41.6 Å². The third-order valence-corrected chi connectivity index (χ3v) is 8.07. The van der Waals surface area contributed by atoms with Crippen molar-refractivity contribution >= 4 is 33.4 Å². The summed E-state index contributed by atoms with van der Waals surface area (Å²) in [5.74, 6) is -2.33. The van der Waals surface area contributed by atoms with E-state index in [9.17, 15) is 22.4 Å². The largest absolute Gasteiger partial charge is 0.353 e. The van der Waals surface area contributed by atoms with Gasteiger partial charge in [-0.25, -0.2) is 17.8 Å². The van der Waals surface area contributed by atoms with Gasteiger partial charge in [0, 0.05) is 24.8 Å². The van der Waals surface area contributed by atoms with E-state index in [1.807, 2.05) is 30.3 Å². The number of carbonyl (C=O) groups excluding carboxylic acids is 2. The molecule has 1 aliphatic rings. The van der Waals surface area contributed by atoms with Crippen molar-refractivity contribution in [2.75, 3.05) is 5.75 Å². The van der Waals surface area contributed by atoms with Crippen LogP contribution in [0.2, 0.25) is 5.02 Å². The number of carbonyl (C=O) groups is 2. The van der Waals surface area contributed by atoms with E-state index in [-0.39, 0.29) is 28.6 Å². The third kappa shape index (κ3) is 7.40. The molecule has 9 nitrogen and oxygen atoms in total. The lowest BCUT2D eigenvalue weighted by molar-refractivity contribution is -0.121. The molecule has 0 saturated heterocycles. The Balaban J connectivity index is 1.27. The molecule has 12 heteroatoms. The molecular weight excluding hydrogens is 533 g/mol. The van der Waals surface area contributed by atoms with Gasteiger partial charge in [-0.1, -0.05) is 41.9 Å². The minimum atomic E-state index is -3.89. The van der Waals surface area contributed by atoms with Crippen molar-refractivity contribution < 1.29 is 22.4 Å². The Bertz CT molecular complexity index is 1410. The molecule has 1 fully saturated rings. The molecule has 0 radical (unpaired) electrons. The average molecular weight is 562 g/mol. The first-order valence-corrected chi connectivity index (χ1v) is 14.2. The molecule has 1 aliphatic carbocycles. The molecular formula is C26H29ClFN5O4S. The molecule has 3 aromatic rings. The Labute approximate surface area is 225 Å². The van der Waals surface area contributed by atoms with Gasteiger partial charge in [0.1, 0.15) is 0 Å². The highest BCUT2D eigenvalue weighted by Gasteiger charge is 2.27. The number of aryl methyl sites for hydroxylation is 1. The Hall–Kier alpha value is -3.28. The first-order chi connectivity index (χ1) is 18.1. The summed E-state index contributed by atoms with van der Waals surface area (Å²) in [4.78, 5) is 31.1. The number of hydrogen-bond acceptors (Lipinski definition) is 5. The summed E-state index contributed by atoms with van der Waals surface area (Å²) in [6.07, 6.45) is 6.08. The number of aromatic nitrogens is 2. The van der Waals surface area contributed by atoms with Crippen molar-refractivity contribution in [2.24, 2.45) is 13.0 Å². The van der Waals surface area contributed by atoms with Gasteiger partial charge in [0.25, 0.3) is 5.91 Å². The maximum absolute atomic E-state index is 14.6. The van der Waals surface area contributed by atoms with Crippen LogP contribution in [0.25, 0.3) is 11.3 Å². The van der Waals surface area contributed by atoms with E-state index in [1.54, 1.807) is 24.1 Å². The molecule has 0 spiro atoms. The van der Waals surface area contributed by atoms with Crippen LogP contribution in [0.1, 0.15) is 41.6 Å². The maximum atomic E-state index is 14.6. The van der Waals surface area contributed by atoms with Crippen LogP contribution in [0.4, 0.5) is 4.39 Å². The average Bonchev–Trinajstić information content (AvgIpc) is 3.32. The number of rotatable bonds is 9. The highest BCUT2D eigenvalue weighted by Crippen LogP contribution is 2.27. The second kappa shape index (κ2) is 12.1. The van der Waals surface area contributed by atoms with Crippen LogP contribution in [0.5, 0.6) is 0 Å². The predicted octanol–water partition coefficient (Wildman–Crippen LogP) is 3.36. The van der Waals surface area contributed by atoms with E-state index in [0.29, 0.717) is 43.4 Å². The molecule has 1 aromatic heterocycles. The maximum Gasteiger partial charge on any atom is 0.269 e. The van der Waals surface area contributed by atoms with Crippen molar-refractivity contribution in [3.05, 3.63) is 77.0 Å². The lowest BCUT2D eigenvalue weighted by Gasteiger charge is -2.29. The van der Waals surface area contributed by atoms with Crippen molar-refractivity contribution in [3.8, 4) is 11.3 Å². The molecule has 0 aliphatic heterocycles. The summed E-state index contributed by atoms with van der Waals surface area (Å²) in [5.41, 5.74) is 3.50. The van der Waals surface area contributed by atoms with E-state index >= 15 is 0 Å². The third-order valence-electron chi connectivity index (χ3n) is 6.47. The summed E-state index contributed by atoms with van der Waals surface area (Å²) in [6.45, 7) is 0. The van der Waals surface area contributed by atoms with Crippen molar-refractivity contribution in [1.82, 2.24) is 25.1 Å².